The maximum Gasteiger partial charge on any atom is 0.292 e. The molecule has 0 amide bonds. The fourth-order valence-electron chi connectivity index (χ4n) is 2.44. The van der Waals surface area contributed by atoms with Crippen LogP contribution in [0.3, 0.4) is 0 Å². The Morgan fingerprint density at radius 2 is 2.00 bits per heavy atom. The lowest BCUT2D eigenvalue weighted by molar-refractivity contribution is -0.476. The third-order valence-corrected chi connectivity index (χ3v) is 3.55. The average Bonchev–Trinajstić information content (AvgIpc) is 2.54. The summed E-state index contributed by atoms with van der Waals surface area (Å²) in [6.45, 7) is 2.17. The third-order valence-electron chi connectivity index (χ3n) is 3.55. The number of nitrogens with zero attached hydrogens (tertiary/aromatic N) is 2. The van der Waals surface area contributed by atoms with E-state index >= 15 is 0 Å². The van der Waals surface area contributed by atoms with Crippen molar-refractivity contribution in [3.8, 4) is 11.5 Å². The molecule has 1 heterocycles. The van der Waals surface area contributed by atoms with Crippen LogP contribution in [0.2, 0.25) is 0 Å². The van der Waals surface area contributed by atoms with Gasteiger partial charge in [0.15, 0.2) is 6.21 Å². The molecular weight excluding hydrogens is 284 g/mol. The van der Waals surface area contributed by atoms with E-state index < -0.39 is 4.92 Å². The smallest absolute Gasteiger partial charge is 0.292 e. The van der Waals surface area contributed by atoms with Gasteiger partial charge in [-0.3, -0.25) is 10.1 Å². The summed E-state index contributed by atoms with van der Waals surface area (Å²) in [6.07, 6.45) is 1.86. The van der Waals surface area contributed by atoms with E-state index in [4.69, 9.17) is 9.47 Å². The van der Waals surface area contributed by atoms with E-state index in [0.717, 1.165) is 17.0 Å². The molecule has 0 saturated carbocycles. The van der Waals surface area contributed by atoms with Crippen molar-refractivity contribution in [3.05, 3.63) is 57.6 Å². The minimum atomic E-state index is -0.395. The minimum absolute atomic E-state index is 0.0627. The Labute approximate surface area is 127 Å². The van der Waals surface area contributed by atoms with Crippen molar-refractivity contribution in [1.29, 1.82) is 0 Å². The average molecular weight is 299 g/mol. The van der Waals surface area contributed by atoms with Crippen molar-refractivity contribution in [2.75, 3.05) is 13.8 Å². The van der Waals surface area contributed by atoms with Crippen molar-refractivity contribution in [2.24, 2.45) is 0 Å². The van der Waals surface area contributed by atoms with Crippen molar-refractivity contribution in [3.63, 3.8) is 0 Å². The second-order valence-corrected chi connectivity index (χ2v) is 5.01. The van der Waals surface area contributed by atoms with Crippen LogP contribution in [0, 0.1) is 17.0 Å². The summed E-state index contributed by atoms with van der Waals surface area (Å²) in [7, 11) is 1.61. The number of nitro groups is 1. The van der Waals surface area contributed by atoms with E-state index in [1.807, 2.05) is 42.0 Å². The van der Waals surface area contributed by atoms with E-state index in [2.05, 4.69) is 0 Å². The normalized spacial score (nSPS) is 12.9. The number of benzene rings is 2. The number of methoxy groups -OCH3 is 1. The Balaban J connectivity index is 2.03. The van der Waals surface area contributed by atoms with Gasteiger partial charge in [0.1, 0.15) is 11.5 Å². The molecule has 1 aliphatic rings. The van der Waals surface area contributed by atoms with E-state index in [1.54, 1.807) is 7.11 Å². The summed E-state index contributed by atoms with van der Waals surface area (Å²) in [6, 6.07) is 10.6. The van der Waals surface area contributed by atoms with Crippen LogP contribution in [0.5, 0.6) is 11.5 Å². The Morgan fingerprint density at radius 3 is 2.64 bits per heavy atom. The molecule has 2 aromatic rings. The Bertz CT molecular complexity index is 766. The number of hydrogen-bond acceptors (Lipinski definition) is 4. The number of ether oxygens (including phenoxy) is 2. The molecule has 22 heavy (non-hydrogen) atoms. The molecule has 0 unspecified atom stereocenters. The van der Waals surface area contributed by atoms with Crippen LogP contribution in [-0.4, -0.2) is 29.6 Å². The van der Waals surface area contributed by atoms with Crippen LogP contribution in [0.4, 0.5) is 11.4 Å². The molecule has 0 aromatic heterocycles. The molecule has 0 atom stereocenters. The molecule has 0 spiro atoms. The molecule has 3 rings (SSSR count). The number of aryl methyl sites for hydroxylation is 1. The molecule has 112 valence electrons. The second-order valence-electron chi connectivity index (χ2n) is 5.01. The highest BCUT2D eigenvalue weighted by Gasteiger charge is 2.23. The molecule has 0 aliphatic carbocycles. The first-order chi connectivity index (χ1) is 10.6. The molecule has 1 aliphatic heterocycles. The predicted molar refractivity (Wildman–Crippen MR) is 81.4 cm³/mol. The summed E-state index contributed by atoms with van der Waals surface area (Å²) < 4.78 is 12.8. The molecule has 0 saturated heterocycles. The Kier molecular flexibility index (Phi) is 3.50. The summed E-state index contributed by atoms with van der Waals surface area (Å²) >= 11 is 0. The zero-order chi connectivity index (χ0) is 15.7. The number of rotatable bonds is 3. The highest BCUT2D eigenvalue weighted by Crippen LogP contribution is 2.31. The minimum Gasteiger partial charge on any atom is -0.497 e. The van der Waals surface area contributed by atoms with Crippen molar-refractivity contribution in [2.45, 2.75) is 6.92 Å². The zero-order valence-electron chi connectivity index (χ0n) is 12.3. The van der Waals surface area contributed by atoms with Gasteiger partial charge in [-0.05, 0) is 24.6 Å². The standard InChI is InChI=1S/C16H15N2O4/c1-11-7-14(18(19)20)8-12-9-17(10-22-16(11)12)13-3-5-15(21-2)6-4-13/h3-9H,10H2,1-2H3/q+1. The maximum atomic E-state index is 11.0. The zero-order valence-corrected chi connectivity index (χ0v) is 12.3. The Hall–Kier alpha value is -2.89. The van der Waals surface area contributed by atoms with Crippen LogP contribution >= 0.6 is 0 Å². The molecule has 0 N–H and O–H groups in total. The molecule has 0 fully saturated rings. The van der Waals surface area contributed by atoms with Crippen LogP contribution in [-0.2, 0) is 0 Å². The lowest BCUT2D eigenvalue weighted by Gasteiger charge is -2.15. The summed E-state index contributed by atoms with van der Waals surface area (Å²) in [5, 5.41) is 11.0. The van der Waals surface area contributed by atoms with Crippen LogP contribution < -0.4 is 9.47 Å². The van der Waals surface area contributed by atoms with E-state index in [-0.39, 0.29) is 5.69 Å². The van der Waals surface area contributed by atoms with Gasteiger partial charge in [0.25, 0.3) is 12.4 Å². The fraction of sp³-hybridized carbons (Fsp3) is 0.188. The lowest BCUT2D eigenvalue weighted by atomic mass is 10.1. The number of hydrogen-bond donors (Lipinski definition) is 0. The van der Waals surface area contributed by atoms with Gasteiger partial charge in [-0.25, -0.2) is 0 Å². The first-order valence-corrected chi connectivity index (χ1v) is 6.76. The first kappa shape index (κ1) is 14.1. The molecule has 0 bridgehead atoms. The topological polar surface area (TPSA) is 64.6 Å². The second kappa shape index (κ2) is 5.48. The van der Waals surface area contributed by atoms with Gasteiger partial charge in [-0.1, -0.05) is 0 Å². The highest BCUT2D eigenvalue weighted by atomic mass is 16.6. The van der Waals surface area contributed by atoms with Gasteiger partial charge in [0.2, 0.25) is 5.69 Å². The highest BCUT2D eigenvalue weighted by molar-refractivity contribution is 5.83. The quantitative estimate of drug-likeness (QED) is 0.496. The third kappa shape index (κ3) is 2.50. The first-order valence-electron chi connectivity index (χ1n) is 6.76. The van der Waals surface area contributed by atoms with Crippen molar-refractivity contribution in [1.82, 2.24) is 0 Å². The SMILES string of the molecule is COc1ccc([N+]2=Cc3cc([N+](=O)[O-])cc(C)c3OC2)cc1. The summed E-state index contributed by atoms with van der Waals surface area (Å²) in [5.41, 5.74) is 2.45. The number of nitro benzene ring substituents is 1. The van der Waals surface area contributed by atoms with Crippen LogP contribution in [0.15, 0.2) is 36.4 Å². The van der Waals surface area contributed by atoms with Crippen LogP contribution in [0.1, 0.15) is 11.1 Å². The largest absolute Gasteiger partial charge is 0.497 e. The molecule has 6 heteroatoms. The van der Waals surface area contributed by atoms with E-state index in [0.29, 0.717) is 18.0 Å². The lowest BCUT2D eigenvalue weighted by Crippen LogP contribution is -2.21. The van der Waals surface area contributed by atoms with Crippen LogP contribution in [0.25, 0.3) is 0 Å². The molecular formula is C16H15N2O4+. The molecule has 6 nitrogen and oxygen atoms in total. The monoisotopic (exact) mass is 299 g/mol. The predicted octanol–water partition coefficient (Wildman–Crippen LogP) is 3.02. The fourth-order valence-corrected chi connectivity index (χ4v) is 2.44. The molecule has 2 aromatic carbocycles. The number of fused-ring (bicyclic) bond motifs is 1. The Morgan fingerprint density at radius 1 is 1.27 bits per heavy atom. The maximum absolute atomic E-state index is 11.0. The molecule has 0 radical (unpaired) electrons. The summed E-state index contributed by atoms with van der Waals surface area (Å²) in [5.74, 6) is 1.46. The van der Waals surface area contributed by atoms with E-state index in [1.165, 1.54) is 12.1 Å². The van der Waals surface area contributed by atoms with Gasteiger partial charge in [-0.2, -0.15) is 4.58 Å². The van der Waals surface area contributed by atoms with Gasteiger partial charge in [0, 0.05) is 24.3 Å². The van der Waals surface area contributed by atoms with Gasteiger partial charge in [0.05, 0.1) is 17.6 Å². The van der Waals surface area contributed by atoms with Crippen molar-refractivity contribution >= 4 is 17.6 Å². The van der Waals surface area contributed by atoms with Gasteiger partial charge in [-0.15, -0.1) is 0 Å². The van der Waals surface area contributed by atoms with E-state index in [9.17, 15) is 10.1 Å². The summed E-state index contributed by atoms with van der Waals surface area (Å²) in [4.78, 5) is 10.6. The number of non-ortho nitro benzene ring substituents is 1. The van der Waals surface area contributed by atoms with Gasteiger partial charge < -0.3 is 9.47 Å². The van der Waals surface area contributed by atoms with Gasteiger partial charge >= 0.3 is 0 Å². The van der Waals surface area contributed by atoms with Crippen molar-refractivity contribution < 1.29 is 19.0 Å².